The van der Waals surface area contributed by atoms with Gasteiger partial charge in [0.15, 0.2) is 5.54 Å². The lowest BCUT2D eigenvalue weighted by molar-refractivity contribution is -0.146. The zero-order valence-corrected chi connectivity index (χ0v) is 15.1. The van der Waals surface area contributed by atoms with Crippen LogP contribution in [0.25, 0.3) is 0 Å². The van der Waals surface area contributed by atoms with E-state index in [4.69, 9.17) is 4.74 Å². The number of benzene rings is 1. The van der Waals surface area contributed by atoms with E-state index in [0.717, 1.165) is 10.0 Å². The number of amides is 1. The maximum atomic E-state index is 12.2. The Morgan fingerprint density at radius 1 is 1.42 bits per heavy atom. The Hall–Kier alpha value is -2.35. The predicted molar refractivity (Wildman–Crippen MR) is 92.2 cm³/mol. The molecule has 0 saturated heterocycles. The molecule has 2 rings (SSSR count). The Kier molecular flexibility index (Phi) is 5.28. The summed E-state index contributed by atoms with van der Waals surface area (Å²) in [5.74, 6) is -0.586. The number of aromatic nitrogens is 2. The van der Waals surface area contributed by atoms with Gasteiger partial charge >= 0.3 is 5.97 Å². The number of hydrogen-bond acceptors (Lipinski definition) is 4. The van der Waals surface area contributed by atoms with Gasteiger partial charge in [0.2, 0.25) is 5.91 Å². The summed E-state index contributed by atoms with van der Waals surface area (Å²) in [5.41, 5.74) is 0.0252. The Bertz CT molecular complexity index is 770. The molecule has 1 amide bonds. The Morgan fingerprint density at radius 2 is 2.12 bits per heavy atom. The number of halogens is 1. The number of carboxylic acid groups (broad SMARTS) is 1. The van der Waals surface area contributed by atoms with Gasteiger partial charge in [-0.3, -0.25) is 9.48 Å². The molecule has 24 heavy (non-hydrogen) atoms. The predicted octanol–water partition coefficient (Wildman–Crippen LogP) is 2.66. The molecule has 2 N–H and O–H groups in total. The van der Waals surface area contributed by atoms with Gasteiger partial charge in [0.1, 0.15) is 5.75 Å². The highest BCUT2D eigenvalue weighted by Crippen LogP contribution is 2.23. The van der Waals surface area contributed by atoms with E-state index in [2.05, 4.69) is 26.3 Å². The van der Waals surface area contributed by atoms with Crippen LogP contribution in [0.1, 0.15) is 19.4 Å². The molecule has 0 saturated carbocycles. The first-order valence-corrected chi connectivity index (χ1v) is 7.94. The van der Waals surface area contributed by atoms with Crippen LogP contribution >= 0.6 is 15.9 Å². The molecule has 0 aliphatic heterocycles. The fourth-order valence-electron chi connectivity index (χ4n) is 1.98. The number of anilines is 1. The van der Waals surface area contributed by atoms with Crippen LogP contribution in [0.4, 0.5) is 5.69 Å². The average Bonchev–Trinajstić information content (AvgIpc) is 2.98. The summed E-state index contributed by atoms with van der Waals surface area (Å²) in [6, 6.07) is 5.39. The number of carbonyl (C=O) groups excluding carboxylic acids is 1. The number of methoxy groups -OCH3 is 1. The Morgan fingerprint density at radius 3 is 2.75 bits per heavy atom. The van der Waals surface area contributed by atoms with E-state index in [1.165, 1.54) is 30.9 Å². The number of rotatable bonds is 6. The third-order valence-electron chi connectivity index (χ3n) is 3.57. The van der Waals surface area contributed by atoms with E-state index in [-0.39, 0.29) is 12.3 Å². The van der Waals surface area contributed by atoms with E-state index in [9.17, 15) is 14.7 Å². The summed E-state index contributed by atoms with van der Waals surface area (Å²) < 4.78 is 7.26. The highest BCUT2D eigenvalue weighted by Gasteiger charge is 2.30. The number of ether oxygens (including phenoxy) is 1. The topological polar surface area (TPSA) is 93.5 Å². The first kappa shape index (κ1) is 18.0. The number of nitrogens with one attached hydrogen (secondary N) is 1. The van der Waals surface area contributed by atoms with Gasteiger partial charge in [-0.05, 0) is 37.6 Å². The SMILES string of the molecule is COc1ccc(Br)c(CC(=O)Nc2cnn(C(C)(C)C(=O)O)c2)c1. The molecule has 0 fully saturated rings. The van der Waals surface area contributed by atoms with Crippen LogP contribution in [0.3, 0.4) is 0 Å². The lowest BCUT2D eigenvalue weighted by atomic mass is 10.1. The smallest absolute Gasteiger partial charge is 0.331 e. The zero-order valence-electron chi connectivity index (χ0n) is 13.5. The molecule has 2 aromatic rings. The van der Waals surface area contributed by atoms with Gasteiger partial charge < -0.3 is 15.2 Å². The number of aliphatic carboxylic acids is 1. The molecule has 0 bridgehead atoms. The Labute approximate surface area is 147 Å². The molecule has 0 radical (unpaired) electrons. The van der Waals surface area contributed by atoms with Gasteiger partial charge in [0.25, 0.3) is 0 Å². The average molecular weight is 396 g/mol. The second-order valence-corrected chi connectivity index (χ2v) is 6.57. The van der Waals surface area contributed by atoms with Crippen LogP contribution in [0.2, 0.25) is 0 Å². The van der Waals surface area contributed by atoms with Crippen molar-refractivity contribution in [2.75, 3.05) is 12.4 Å². The second-order valence-electron chi connectivity index (χ2n) is 5.72. The highest BCUT2D eigenvalue weighted by molar-refractivity contribution is 9.10. The molecule has 0 aliphatic carbocycles. The van der Waals surface area contributed by atoms with Gasteiger partial charge in [-0.2, -0.15) is 5.10 Å². The molecular formula is C16H18BrN3O4. The Balaban J connectivity index is 2.09. The van der Waals surface area contributed by atoms with Crippen molar-refractivity contribution in [3.05, 3.63) is 40.6 Å². The summed E-state index contributed by atoms with van der Waals surface area (Å²) in [6.07, 6.45) is 3.06. The highest BCUT2D eigenvalue weighted by atomic mass is 79.9. The van der Waals surface area contributed by atoms with Crippen LogP contribution in [0.15, 0.2) is 35.1 Å². The van der Waals surface area contributed by atoms with Crippen molar-refractivity contribution in [2.24, 2.45) is 0 Å². The quantitative estimate of drug-likeness (QED) is 0.783. The first-order valence-electron chi connectivity index (χ1n) is 7.15. The maximum Gasteiger partial charge on any atom is 0.331 e. The van der Waals surface area contributed by atoms with Crippen LogP contribution in [-0.2, 0) is 21.5 Å². The normalized spacial score (nSPS) is 11.2. The summed E-state index contributed by atoms with van der Waals surface area (Å²) in [5, 5.41) is 15.9. The molecule has 1 aromatic carbocycles. The van der Waals surface area contributed by atoms with Gasteiger partial charge in [0, 0.05) is 10.7 Å². The lowest BCUT2D eigenvalue weighted by Crippen LogP contribution is -2.35. The van der Waals surface area contributed by atoms with Crippen molar-refractivity contribution < 1.29 is 19.4 Å². The van der Waals surface area contributed by atoms with Gasteiger partial charge in [0.05, 0.1) is 25.4 Å². The van der Waals surface area contributed by atoms with Gasteiger partial charge in [-0.15, -0.1) is 0 Å². The third kappa shape index (κ3) is 3.94. The van der Waals surface area contributed by atoms with Crippen molar-refractivity contribution >= 4 is 33.5 Å². The summed E-state index contributed by atoms with van der Waals surface area (Å²) in [4.78, 5) is 23.4. The molecule has 0 spiro atoms. The number of hydrogen-bond donors (Lipinski definition) is 2. The van der Waals surface area contributed by atoms with Crippen molar-refractivity contribution in [2.45, 2.75) is 25.8 Å². The molecule has 0 aliphatic rings. The van der Waals surface area contributed by atoms with E-state index >= 15 is 0 Å². The van der Waals surface area contributed by atoms with Crippen LogP contribution in [0, 0.1) is 0 Å². The monoisotopic (exact) mass is 395 g/mol. The van der Waals surface area contributed by atoms with E-state index in [0.29, 0.717) is 11.4 Å². The van der Waals surface area contributed by atoms with Gasteiger partial charge in [-0.1, -0.05) is 15.9 Å². The van der Waals surface area contributed by atoms with Gasteiger partial charge in [-0.25, -0.2) is 4.79 Å². The molecular weight excluding hydrogens is 378 g/mol. The van der Waals surface area contributed by atoms with Crippen LogP contribution in [-0.4, -0.2) is 33.9 Å². The van der Waals surface area contributed by atoms with Crippen molar-refractivity contribution in [3.63, 3.8) is 0 Å². The number of carboxylic acids is 1. The third-order valence-corrected chi connectivity index (χ3v) is 4.34. The largest absolute Gasteiger partial charge is 0.497 e. The van der Waals surface area contributed by atoms with Crippen LogP contribution in [0.5, 0.6) is 5.75 Å². The molecule has 128 valence electrons. The number of carbonyl (C=O) groups is 2. The van der Waals surface area contributed by atoms with Crippen molar-refractivity contribution in [1.29, 1.82) is 0 Å². The minimum Gasteiger partial charge on any atom is -0.497 e. The molecule has 0 atom stereocenters. The number of nitrogens with zero attached hydrogens (tertiary/aromatic N) is 2. The van der Waals surface area contributed by atoms with Crippen LogP contribution < -0.4 is 10.1 Å². The molecule has 7 nitrogen and oxygen atoms in total. The lowest BCUT2D eigenvalue weighted by Gasteiger charge is -2.19. The second kappa shape index (κ2) is 7.04. The van der Waals surface area contributed by atoms with Crippen molar-refractivity contribution in [3.8, 4) is 5.75 Å². The fraction of sp³-hybridized carbons (Fsp3) is 0.312. The van der Waals surface area contributed by atoms with E-state index < -0.39 is 11.5 Å². The molecule has 8 heteroatoms. The van der Waals surface area contributed by atoms with E-state index in [1.54, 1.807) is 19.2 Å². The van der Waals surface area contributed by atoms with E-state index in [1.807, 2.05) is 6.07 Å². The zero-order chi connectivity index (χ0) is 17.9. The fourth-order valence-corrected chi connectivity index (χ4v) is 2.37. The molecule has 1 heterocycles. The first-order chi connectivity index (χ1) is 11.2. The minimum absolute atomic E-state index is 0.144. The maximum absolute atomic E-state index is 12.2. The molecule has 0 unspecified atom stereocenters. The summed E-state index contributed by atoms with van der Waals surface area (Å²) in [7, 11) is 1.56. The summed E-state index contributed by atoms with van der Waals surface area (Å²) >= 11 is 3.40. The minimum atomic E-state index is -1.20. The summed E-state index contributed by atoms with van der Waals surface area (Å²) in [6.45, 7) is 3.06. The van der Waals surface area contributed by atoms with Crippen molar-refractivity contribution in [1.82, 2.24) is 9.78 Å². The standard InChI is InChI=1S/C16H18BrN3O4/c1-16(2,15(22)23)20-9-11(8-18-20)19-14(21)7-10-6-12(24-3)4-5-13(10)17/h4-6,8-9H,7H2,1-3H3,(H,19,21)(H,22,23). The molecule has 1 aromatic heterocycles.